The lowest BCUT2D eigenvalue weighted by Crippen LogP contribution is -2.33. The molecular formula is C14H18Cl2N2OS. The highest BCUT2D eigenvalue weighted by atomic mass is 35.5. The fourth-order valence-electron chi connectivity index (χ4n) is 2.12. The van der Waals surface area contributed by atoms with E-state index in [9.17, 15) is 4.79 Å². The first kappa shape index (κ1) is 16.0. The van der Waals surface area contributed by atoms with Crippen LogP contribution >= 0.6 is 35.0 Å². The minimum Gasteiger partial charge on any atom is -0.322 e. The Labute approximate surface area is 133 Å². The van der Waals surface area contributed by atoms with Crippen LogP contribution in [0, 0.1) is 0 Å². The number of anilines is 1. The van der Waals surface area contributed by atoms with Crippen LogP contribution in [0.3, 0.4) is 0 Å². The van der Waals surface area contributed by atoms with Crippen molar-refractivity contribution in [1.82, 2.24) is 5.32 Å². The van der Waals surface area contributed by atoms with Gasteiger partial charge in [-0.1, -0.05) is 35.7 Å². The van der Waals surface area contributed by atoms with Crippen LogP contribution in [-0.2, 0) is 4.79 Å². The summed E-state index contributed by atoms with van der Waals surface area (Å²) in [7, 11) is 0. The molecule has 1 aromatic carbocycles. The summed E-state index contributed by atoms with van der Waals surface area (Å²) < 4.78 is 0. The number of amides is 1. The van der Waals surface area contributed by atoms with Gasteiger partial charge in [0.25, 0.3) is 0 Å². The predicted octanol–water partition coefficient (Wildman–Crippen LogP) is 3.81. The molecule has 0 aromatic heterocycles. The molecule has 1 aliphatic rings. The minimum atomic E-state index is -0.124. The van der Waals surface area contributed by atoms with Gasteiger partial charge in [-0.2, -0.15) is 11.8 Å². The summed E-state index contributed by atoms with van der Waals surface area (Å²) in [5.74, 6) is 1.11. The second kappa shape index (κ2) is 8.13. The highest BCUT2D eigenvalue weighted by molar-refractivity contribution is 7.99. The molecule has 20 heavy (non-hydrogen) atoms. The normalized spacial score (nSPS) is 18.8. The van der Waals surface area contributed by atoms with E-state index in [1.165, 1.54) is 25.0 Å². The topological polar surface area (TPSA) is 41.1 Å². The fraction of sp³-hybridized carbons (Fsp3) is 0.500. The Morgan fingerprint density at radius 1 is 1.30 bits per heavy atom. The number of hydrogen-bond donors (Lipinski definition) is 2. The highest BCUT2D eigenvalue weighted by Gasteiger charge is 2.14. The van der Waals surface area contributed by atoms with Gasteiger partial charge in [0.05, 0.1) is 22.3 Å². The maximum Gasteiger partial charge on any atom is 0.238 e. The van der Waals surface area contributed by atoms with Crippen LogP contribution in [0.25, 0.3) is 0 Å². The summed E-state index contributed by atoms with van der Waals surface area (Å²) in [5.41, 5.74) is 0.481. The van der Waals surface area contributed by atoms with Gasteiger partial charge in [-0.3, -0.25) is 4.79 Å². The Kier molecular flexibility index (Phi) is 6.49. The van der Waals surface area contributed by atoms with Gasteiger partial charge in [-0.05, 0) is 30.7 Å². The molecule has 0 saturated carbocycles. The summed E-state index contributed by atoms with van der Waals surface area (Å²) in [6, 6.07) is 5.16. The molecule has 1 saturated heterocycles. The van der Waals surface area contributed by atoms with Crippen molar-refractivity contribution in [1.29, 1.82) is 0 Å². The number of nitrogens with one attached hydrogen (secondary N) is 2. The maximum atomic E-state index is 11.9. The van der Waals surface area contributed by atoms with Gasteiger partial charge < -0.3 is 10.6 Å². The van der Waals surface area contributed by atoms with Gasteiger partial charge in [0, 0.05) is 11.8 Å². The number of carbonyl (C=O) groups is 1. The lowest BCUT2D eigenvalue weighted by atomic mass is 10.2. The molecule has 2 N–H and O–H groups in total. The van der Waals surface area contributed by atoms with Crippen molar-refractivity contribution in [3.63, 3.8) is 0 Å². The molecule has 1 amide bonds. The third-order valence-electron chi connectivity index (χ3n) is 3.16. The molecule has 0 radical (unpaired) electrons. The number of carbonyl (C=O) groups excluding carboxylic acids is 1. The van der Waals surface area contributed by atoms with E-state index < -0.39 is 0 Å². The summed E-state index contributed by atoms with van der Waals surface area (Å²) in [6.45, 7) is 1.15. The largest absolute Gasteiger partial charge is 0.322 e. The van der Waals surface area contributed by atoms with E-state index in [-0.39, 0.29) is 12.5 Å². The third-order valence-corrected chi connectivity index (χ3v) is 5.19. The molecule has 0 aliphatic carbocycles. The van der Waals surface area contributed by atoms with Gasteiger partial charge >= 0.3 is 0 Å². The van der Waals surface area contributed by atoms with Crippen molar-refractivity contribution in [3.8, 4) is 0 Å². The predicted molar refractivity (Wildman–Crippen MR) is 88.1 cm³/mol. The Balaban J connectivity index is 1.75. The molecule has 1 unspecified atom stereocenters. The summed E-state index contributed by atoms with van der Waals surface area (Å²) in [5, 5.41) is 7.47. The first-order chi connectivity index (χ1) is 9.66. The van der Waals surface area contributed by atoms with Crippen LogP contribution in [0.4, 0.5) is 5.69 Å². The Hall–Kier alpha value is -0.420. The average molecular weight is 333 g/mol. The Bertz CT molecular complexity index is 444. The Morgan fingerprint density at radius 2 is 2.05 bits per heavy atom. The molecular weight excluding hydrogens is 315 g/mol. The van der Waals surface area contributed by atoms with Crippen LogP contribution in [0.5, 0.6) is 0 Å². The second-order valence-electron chi connectivity index (χ2n) is 4.76. The van der Waals surface area contributed by atoms with Crippen molar-refractivity contribution < 1.29 is 4.79 Å². The number of hydrogen-bond acceptors (Lipinski definition) is 3. The van der Waals surface area contributed by atoms with Crippen LogP contribution in [0.1, 0.15) is 19.3 Å². The molecule has 0 bridgehead atoms. The summed E-state index contributed by atoms with van der Waals surface area (Å²) in [4.78, 5) is 11.9. The number of benzene rings is 1. The van der Waals surface area contributed by atoms with E-state index in [0.29, 0.717) is 21.0 Å². The number of rotatable bonds is 5. The lowest BCUT2D eigenvalue weighted by Gasteiger charge is -2.21. The zero-order valence-corrected chi connectivity index (χ0v) is 13.5. The minimum absolute atomic E-state index is 0.124. The molecule has 0 spiro atoms. The van der Waals surface area contributed by atoms with Gasteiger partial charge in [0.15, 0.2) is 0 Å². The first-order valence-electron chi connectivity index (χ1n) is 6.73. The Morgan fingerprint density at radius 3 is 2.70 bits per heavy atom. The smallest absolute Gasteiger partial charge is 0.238 e. The molecule has 1 heterocycles. The fourth-order valence-corrected chi connectivity index (χ4v) is 3.88. The van der Waals surface area contributed by atoms with E-state index >= 15 is 0 Å². The van der Waals surface area contributed by atoms with E-state index in [1.807, 2.05) is 11.8 Å². The number of halogens is 2. The second-order valence-corrected chi connectivity index (χ2v) is 6.99. The first-order valence-corrected chi connectivity index (χ1v) is 8.53. The van der Waals surface area contributed by atoms with E-state index in [0.717, 1.165) is 6.54 Å². The van der Waals surface area contributed by atoms with E-state index in [1.54, 1.807) is 18.2 Å². The summed E-state index contributed by atoms with van der Waals surface area (Å²) >= 11 is 14.0. The van der Waals surface area contributed by atoms with Gasteiger partial charge in [-0.25, -0.2) is 0 Å². The van der Waals surface area contributed by atoms with Gasteiger partial charge in [0.2, 0.25) is 5.91 Å². The van der Waals surface area contributed by atoms with Crippen LogP contribution in [0.15, 0.2) is 18.2 Å². The molecule has 1 atom stereocenters. The van der Waals surface area contributed by atoms with E-state index in [4.69, 9.17) is 23.2 Å². The standard InChI is InChI=1S/C14H18Cl2N2OS/c15-11-5-3-6-12(16)14(11)18-13(19)9-17-8-10-4-1-2-7-20-10/h3,5-6,10,17H,1-2,4,7-9H2,(H,18,19). The van der Waals surface area contributed by atoms with Crippen molar-refractivity contribution in [2.24, 2.45) is 0 Å². The molecule has 1 fully saturated rings. The van der Waals surface area contributed by atoms with Crippen LogP contribution < -0.4 is 10.6 Å². The molecule has 2 rings (SSSR count). The van der Waals surface area contributed by atoms with Crippen LogP contribution in [0.2, 0.25) is 10.0 Å². The molecule has 1 aliphatic heterocycles. The van der Waals surface area contributed by atoms with Gasteiger partial charge in [0.1, 0.15) is 0 Å². The molecule has 6 heteroatoms. The highest BCUT2D eigenvalue weighted by Crippen LogP contribution is 2.29. The zero-order valence-electron chi connectivity index (χ0n) is 11.1. The zero-order chi connectivity index (χ0) is 14.4. The molecule has 3 nitrogen and oxygen atoms in total. The average Bonchev–Trinajstić information content (AvgIpc) is 2.44. The maximum absolute atomic E-state index is 11.9. The molecule has 110 valence electrons. The number of thioether (sulfide) groups is 1. The van der Waals surface area contributed by atoms with Crippen molar-refractivity contribution in [2.75, 3.05) is 24.2 Å². The monoisotopic (exact) mass is 332 g/mol. The van der Waals surface area contributed by atoms with Gasteiger partial charge in [-0.15, -0.1) is 0 Å². The quantitative estimate of drug-likeness (QED) is 0.861. The summed E-state index contributed by atoms with van der Waals surface area (Å²) in [6.07, 6.45) is 3.84. The molecule has 1 aromatic rings. The van der Waals surface area contributed by atoms with Crippen molar-refractivity contribution in [2.45, 2.75) is 24.5 Å². The van der Waals surface area contributed by atoms with Crippen LogP contribution in [-0.4, -0.2) is 30.0 Å². The third kappa shape index (κ3) is 4.85. The SMILES string of the molecule is O=C(CNCC1CCCCS1)Nc1c(Cl)cccc1Cl. The number of para-hydroxylation sites is 1. The van der Waals surface area contributed by atoms with E-state index in [2.05, 4.69) is 10.6 Å². The lowest BCUT2D eigenvalue weighted by molar-refractivity contribution is -0.115. The van der Waals surface area contributed by atoms with Crippen molar-refractivity contribution >= 4 is 46.6 Å². The van der Waals surface area contributed by atoms with Crippen molar-refractivity contribution in [3.05, 3.63) is 28.2 Å².